The van der Waals surface area contributed by atoms with Crippen molar-refractivity contribution in [3.05, 3.63) is 87.5 Å². The minimum atomic E-state index is -5.20. The van der Waals surface area contributed by atoms with Gasteiger partial charge in [-0.3, -0.25) is 19.2 Å². The van der Waals surface area contributed by atoms with Crippen LogP contribution in [0.2, 0.25) is 0 Å². The Balaban J connectivity index is 1.49. The number of ether oxygens (including phenoxy) is 1. The summed E-state index contributed by atoms with van der Waals surface area (Å²) in [5.41, 5.74) is -2.94. The molecule has 6 rings (SSSR count). The van der Waals surface area contributed by atoms with Crippen LogP contribution in [0.1, 0.15) is 42.4 Å². The fourth-order valence-electron chi connectivity index (χ4n) is 6.98. The van der Waals surface area contributed by atoms with Crippen LogP contribution in [0.4, 0.5) is 32.0 Å². The first-order valence-corrected chi connectivity index (χ1v) is 13.8. The van der Waals surface area contributed by atoms with Crippen molar-refractivity contribution in [1.82, 2.24) is 0 Å². The van der Waals surface area contributed by atoms with Gasteiger partial charge in [-0.05, 0) is 56.0 Å². The normalized spacial score (nSPS) is 25.1. The monoisotopic (exact) mass is 631 g/mol. The molecule has 0 radical (unpaired) electrons. The number of amides is 2. The highest BCUT2D eigenvalue weighted by atomic mass is 19.4. The molecule has 4 aliphatic rings. The molecule has 45 heavy (non-hydrogen) atoms. The second kappa shape index (κ2) is 10.2. The van der Waals surface area contributed by atoms with Gasteiger partial charge in [0.15, 0.2) is 11.6 Å². The van der Waals surface area contributed by atoms with E-state index in [4.69, 9.17) is 4.74 Å². The summed E-state index contributed by atoms with van der Waals surface area (Å²) in [7, 11) is 1.33. The number of imide groups is 1. The summed E-state index contributed by atoms with van der Waals surface area (Å²) < 4.78 is 87.2. The molecule has 3 aliphatic carbocycles. The van der Waals surface area contributed by atoms with Gasteiger partial charge in [-0.25, -0.2) is 4.90 Å². The minimum absolute atomic E-state index is 0.0886. The summed E-state index contributed by atoms with van der Waals surface area (Å²) in [6.07, 6.45) is -7.86. The van der Waals surface area contributed by atoms with Crippen LogP contribution in [-0.4, -0.2) is 35.6 Å². The van der Waals surface area contributed by atoms with Crippen molar-refractivity contribution in [3.8, 4) is 11.5 Å². The molecule has 0 unspecified atom stereocenters. The Morgan fingerprint density at radius 2 is 1.53 bits per heavy atom. The SMILES string of the molecule is COc1cc(O)ccc1[C@H]1C2=CC[C@@H]3C(=O)N(c4cc(C(F)(F)F)cc(C(F)(F)F)c4)C(=O)[C@@H]3[C@@H]2CC2=C1C(=O)C(C)=CC2=O. The van der Waals surface area contributed by atoms with Gasteiger partial charge in [0.1, 0.15) is 11.5 Å². The van der Waals surface area contributed by atoms with Crippen LogP contribution in [0, 0.1) is 17.8 Å². The summed E-state index contributed by atoms with van der Waals surface area (Å²) >= 11 is 0. The Morgan fingerprint density at radius 3 is 2.13 bits per heavy atom. The average Bonchev–Trinajstić information content (AvgIpc) is 3.23. The van der Waals surface area contributed by atoms with Crippen molar-refractivity contribution in [2.45, 2.75) is 38.0 Å². The first-order chi connectivity index (χ1) is 21.0. The van der Waals surface area contributed by atoms with Crippen molar-refractivity contribution in [1.29, 1.82) is 0 Å². The van der Waals surface area contributed by atoms with Crippen LogP contribution in [0.3, 0.4) is 0 Å². The Kier molecular flexibility index (Phi) is 6.86. The number of ketones is 2. The summed E-state index contributed by atoms with van der Waals surface area (Å²) in [6, 6.07) is 4.73. The molecule has 0 bridgehead atoms. The van der Waals surface area contributed by atoms with Crippen LogP contribution >= 0.6 is 0 Å². The zero-order valence-corrected chi connectivity index (χ0v) is 23.5. The summed E-state index contributed by atoms with van der Waals surface area (Å²) in [4.78, 5) is 54.8. The quantitative estimate of drug-likeness (QED) is 0.191. The molecule has 2 aromatic carbocycles. The number of hydrogen-bond donors (Lipinski definition) is 1. The molecular formula is C32H23F6NO6. The first-order valence-electron chi connectivity index (χ1n) is 13.8. The van der Waals surface area contributed by atoms with E-state index in [1.165, 1.54) is 32.2 Å². The largest absolute Gasteiger partial charge is 0.508 e. The van der Waals surface area contributed by atoms with Crippen LogP contribution in [0.5, 0.6) is 11.5 Å². The topological polar surface area (TPSA) is 101 Å². The van der Waals surface area contributed by atoms with E-state index < -0.39 is 76.2 Å². The lowest BCUT2D eigenvalue weighted by molar-refractivity contribution is -0.143. The molecule has 1 aliphatic heterocycles. The summed E-state index contributed by atoms with van der Waals surface area (Å²) in [5.74, 6) is -7.09. The maximum absolute atomic E-state index is 14.0. The fourth-order valence-corrected chi connectivity index (χ4v) is 6.98. The van der Waals surface area contributed by atoms with E-state index in [1.54, 1.807) is 6.08 Å². The third-order valence-corrected chi connectivity index (χ3v) is 8.92. The van der Waals surface area contributed by atoms with Gasteiger partial charge in [-0.2, -0.15) is 26.3 Å². The van der Waals surface area contributed by atoms with E-state index in [9.17, 15) is 50.6 Å². The molecule has 13 heteroatoms. The van der Waals surface area contributed by atoms with Crippen LogP contribution in [0.15, 0.2) is 70.8 Å². The number of phenols is 1. The number of fused-ring (bicyclic) bond motifs is 3. The molecule has 1 saturated heterocycles. The molecule has 0 saturated carbocycles. The highest BCUT2D eigenvalue weighted by Crippen LogP contribution is 2.57. The Hall–Kier alpha value is -4.68. The second-order valence-corrected chi connectivity index (χ2v) is 11.4. The van der Waals surface area contributed by atoms with Gasteiger partial charge in [0.2, 0.25) is 11.8 Å². The molecule has 1 heterocycles. The van der Waals surface area contributed by atoms with E-state index in [0.29, 0.717) is 28.2 Å². The van der Waals surface area contributed by atoms with Crippen molar-refractivity contribution < 1.29 is 55.4 Å². The number of hydrogen-bond acceptors (Lipinski definition) is 6. The molecule has 7 nitrogen and oxygen atoms in total. The number of halogens is 6. The molecule has 1 fully saturated rings. The summed E-state index contributed by atoms with van der Waals surface area (Å²) in [5, 5.41) is 10.1. The molecule has 4 atom stereocenters. The van der Waals surface area contributed by atoms with Gasteiger partial charge in [-0.1, -0.05) is 17.7 Å². The standard InChI is InChI=1S/C32H23F6NO6/c1-13-7-23(41)22-12-21-18(25(27(22)28(13)42)19-4-3-17(40)11-24(19)45-2)5-6-20-26(21)30(44)39(29(20)43)16-9-14(31(33,34)35)8-15(10-16)32(36,37)38/h3-5,7-11,20-21,25-26,40H,6,12H2,1-2H3/t20-,21+,25+,26-/m0/s1. The van der Waals surface area contributed by atoms with Gasteiger partial charge < -0.3 is 9.84 Å². The van der Waals surface area contributed by atoms with Gasteiger partial charge in [0, 0.05) is 34.3 Å². The molecule has 0 spiro atoms. The first kappa shape index (κ1) is 30.4. The second-order valence-electron chi connectivity index (χ2n) is 11.4. The third-order valence-electron chi connectivity index (χ3n) is 8.92. The molecule has 0 aromatic heterocycles. The number of benzene rings is 2. The predicted molar refractivity (Wildman–Crippen MR) is 145 cm³/mol. The maximum Gasteiger partial charge on any atom is 0.416 e. The van der Waals surface area contributed by atoms with Crippen molar-refractivity contribution in [3.63, 3.8) is 0 Å². The number of Topliss-reactive ketones (excluding diaryl/α,β-unsaturated/α-hetero) is 1. The number of carbonyl (C=O) groups is 4. The van der Waals surface area contributed by atoms with E-state index in [0.717, 1.165) is 6.08 Å². The highest BCUT2D eigenvalue weighted by molar-refractivity contribution is 6.25. The Bertz CT molecular complexity index is 1770. The van der Waals surface area contributed by atoms with Crippen LogP contribution in [0.25, 0.3) is 0 Å². The smallest absolute Gasteiger partial charge is 0.416 e. The lowest BCUT2D eigenvalue weighted by Crippen LogP contribution is -2.40. The van der Waals surface area contributed by atoms with E-state index in [1.807, 2.05) is 0 Å². The van der Waals surface area contributed by atoms with Gasteiger partial charge in [-0.15, -0.1) is 0 Å². The Morgan fingerprint density at radius 1 is 0.889 bits per heavy atom. The van der Waals surface area contributed by atoms with Gasteiger partial charge in [0.05, 0.1) is 35.8 Å². The number of alkyl halides is 6. The number of rotatable bonds is 3. The molecule has 2 aromatic rings. The number of carbonyl (C=O) groups excluding carboxylic acids is 4. The molecular weight excluding hydrogens is 608 g/mol. The number of aromatic hydroxyl groups is 1. The third kappa shape index (κ3) is 4.75. The maximum atomic E-state index is 14.0. The molecule has 1 N–H and O–H groups in total. The van der Waals surface area contributed by atoms with Crippen molar-refractivity contribution in [2.24, 2.45) is 17.8 Å². The van der Waals surface area contributed by atoms with Gasteiger partial charge >= 0.3 is 12.4 Å². The predicted octanol–water partition coefficient (Wildman–Crippen LogP) is 6.07. The number of nitrogens with zero attached hydrogens (tertiary/aromatic N) is 1. The van der Waals surface area contributed by atoms with Crippen LogP contribution in [-0.2, 0) is 31.5 Å². The Labute approximate surface area is 251 Å². The van der Waals surface area contributed by atoms with Gasteiger partial charge in [0.25, 0.3) is 0 Å². The number of allylic oxidation sites excluding steroid dienone is 6. The zero-order chi connectivity index (χ0) is 32.7. The van der Waals surface area contributed by atoms with E-state index >= 15 is 0 Å². The number of phenolic OH excluding ortho intramolecular Hbond substituents is 1. The molecule has 2 amide bonds. The van der Waals surface area contributed by atoms with E-state index in [-0.39, 0.29) is 47.1 Å². The van der Waals surface area contributed by atoms with Crippen LogP contribution < -0.4 is 9.64 Å². The van der Waals surface area contributed by atoms with Crippen molar-refractivity contribution in [2.75, 3.05) is 12.0 Å². The average molecular weight is 632 g/mol. The lowest BCUT2D eigenvalue weighted by atomic mass is 9.59. The van der Waals surface area contributed by atoms with E-state index in [2.05, 4.69) is 0 Å². The highest BCUT2D eigenvalue weighted by Gasteiger charge is 2.57. The minimum Gasteiger partial charge on any atom is -0.508 e. The number of anilines is 1. The lowest BCUT2D eigenvalue weighted by Gasteiger charge is -2.42. The van der Waals surface area contributed by atoms with Crippen molar-refractivity contribution >= 4 is 29.1 Å². The summed E-state index contributed by atoms with van der Waals surface area (Å²) in [6.45, 7) is 1.48. The fraction of sp³-hybridized carbons (Fsp3) is 0.312. The zero-order valence-electron chi connectivity index (χ0n) is 23.5. The number of methoxy groups -OCH3 is 1. The molecule has 234 valence electrons.